The molecular weight excluding hydrogens is 376 g/mol. The molecule has 1 saturated heterocycles. The van der Waals surface area contributed by atoms with Crippen molar-refractivity contribution in [2.75, 3.05) is 50.0 Å². The van der Waals surface area contributed by atoms with Crippen LogP contribution in [0.15, 0.2) is 42.5 Å². The van der Waals surface area contributed by atoms with Crippen LogP contribution in [-0.4, -0.2) is 56.5 Å². The summed E-state index contributed by atoms with van der Waals surface area (Å²) >= 11 is 6.14. The second kappa shape index (κ2) is 9.08. The van der Waals surface area contributed by atoms with Gasteiger partial charge in [-0.2, -0.15) is 0 Å². The Kier molecular flexibility index (Phi) is 6.54. The molecule has 2 N–H and O–H groups in total. The molecule has 2 aromatic carbocycles. The molecule has 148 valence electrons. The first kappa shape index (κ1) is 20.2. The van der Waals surface area contributed by atoms with E-state index in [1.807, 2.05) is 18.2 Å². The monoisotopic (exact) mass is 400 g/mol. The van der Waals surface area contributed by atoms with Crippen molar-refractivity contribution >= 4 is 34.8 Å². The van der Waals surface area contributed by atoms with Crippen LogP contribution < -0.4 is 15.5 Å². The van der Waals surface area contributed by atoms with Crippen molar-refractivity contribution in [3.8, 4) is 0 Å². The Hall–Kier alpha value is -2.57. The third-order valence-electron chi connectivity index (χ3n) is 4.89. The minimum absolute atomic E-state index is 0.0820. The minimum atomic E-state index is -0.177. The van der Waals surface area contributed by atoms with Gasteiger partial charge in [0, 0.05) is 55.2 Å². The highest BCUT2D eigenvalue weighted by Gasteiger charge is 2.20. The number of amides is 2. The highest BCUT2D eigenvalue weighted by Crippen LogP contribution is 2.25. The van der Waals surface area contributed by atoms with E-state index in [0.29, 0.717) is 17.8 Å². The number of anilines is 2. The van der Waals surface area contributed by atoms with Gasteiger partial charge in [0.15, 0.2) is 0 Å². The van der Waals surface area contributed by atoms with Crippen LogP contribution in [0.25, 0.3) is 0 Å². The molecule has 0 radical (unpaired) electrons. The van der Waals surface area contributed by atoms with Crippen LogP contribution in [0.1, 0.15) is 15.9 Å². The number of carbonyl (C=O) groups is 2. The third-order valence-corrected chi connectivity index (χ3v) is 5.12. The lowest BCUT2D eigenvalue weighted by Gasteiger charge is -2.36. The Labute approximate surface area is 170 Å². The highest BCUT2D eigenvalue weighted by molar-refractivity contribution is 6.30. The Morgan fingerprint density at radius 2 is 1.82 bits per heavy atom. The van der Waals surface area contributed by atoms with Crippen molar-refractivity contribution in [2.24, 2.45) is 0 Å². The predicted octanol–water partition coefficient (Wildman–Crippen LogP) is 2.77. The molecule has 2 aromatic rings. The fourth-order valence-corrected chi connectivity index (χ4v) is 3.52. The quantitative estimate of drug-likeness (QED) is 0.810. The standard InChI is InChI=1S/C21H25ClN4O2/c1-15-6-7-17(22)13-19(15)26-10-8-25(9-11-26)14-20(27)24-18-5-3-4-16(12-18)21(28)23-2/h3-7,12-13H,8-11,14H2,1-2H3,(H,23,28)(H,24,27). The summed E-state index contributed by atoms with van der Waals surface area (Å²) in [5.74, 6) is -0.259. The summed E-state index contributed by atoms with van der Waals surface area (Å²) in [7, 11) is 1.58. The van der Waals surface area contributed by atoms with Gasteiger partial charge in [0.1, 0.15) is 0 Å². The van der Waals surface area contributed by atoms with Crippen LogP contribution in [0.2, 0.25) is 5.02 Å². The Morgan fingerprint density at radius 1 is 1.07 bits per heavy atom. The number of benzene rings is 2. The van der Waals surface area contributed by atoms with Gasteiger partial charge in [-0.15, -0.1) is 0 Å². The fraction of sp³-hybridized carbons (Fsp3) is 0.333. The summed E-state index contributed by atoms with van der Waals surface area (Å²) in [5.41, 5.74) is 3.50. The molecular formula is C21H25ClN4O2. The number of hydrogen-bond acceptors (Lipinski definition) is 4. The summed E-state index contributed by atoms with van der Waals surface area (Å²) in [6, 6.07) is 12.9. The molecule has 1 heterocycles. The molecule has 1 aliphatic heterocycles. The molecule has 0 spiro atoms. The number of carbonyl (C=O) groups excluding carboxylic acids is 2. The van der Waals surface area contributed by atoms with Gasteiger partial charge >= 0.3 is 0 Å². The molecule has 3 rings (SSSR count). The summed E-state index contributed by atoms with van der Waals surface area (Å²) in [5, 5.41) is 6.19. The van der Waals surface area contributed by atoms with E-state index in [0.717, 1.165) is 36.9 Å². The van der Waals surface area contributed by atoms with Gasteiger partial charge in [-0.25, -0.2) is 0 Å². The average Bonchev–Trinajstić information content (AvgIpc) is 2.70. The summed E-state index contributed by atoms with van der Waals surface area (Å²) in [6.07, 6.45) is 0. The molecule has 0 saturated carbocycles. The highest BCUT2D eigenvalue weighted by atomic mass is 35.5. The van der Waals surface area contributed by atoms with Crippen molar-refractivity contribution in [3.05, 3.63) is 58.6 Å². The number of halogens is 1. The van der Waals surface area contributed by atoms with Crippen LogP contribution in [0.3, 0.4) is 0 Å². The number of nitrogens with one attached hydrogen (secondary N) is 2. The minimum Gasteiger partial charge on any atom is -0.369 e. The van der Waals surface area contributed by atoms with Crippen molar-refractivity contribution in [1.29, 1.82) is 0 Å². The van der Waals surface area contributed by atoms with E-state index in [9.17, 15) is 9.59 Å². The summed E-state index contributed by atoms with van der Waals surface area (Å²) in [6.45, 7) is 5.71. The van der Waals surface area contributed by atoms with E-state index >= 15 is 0 Å². The van der Waals surface area contributed by atoms with Crippen molar-refractivity contribution < 1.29 is 9.59 Å². The second-order valence-corrected chi connectivity index (χ2v) is 7.34. The number of piperazine rings is 1. The van der Waals surface area contributed by atoms with Crippen LogP contribution in [0.5, 0.6) is 0 Å². The topological polar surface area (TPSA) is 64.7 Å². The third kappa shape index (κ3) is 5.03. The summed E-state index contributed by atoms with van der Waals surface area (Å²) < 4.78 is 0. The van der Waals surface area contributed by atoms with E-state index < -0.39 is 0 Å². The maximum atomic E-state index is 12.4. The SMILES string of the molecule is CNC(=O)c1cccc(NC(=O)CN2CCN(c3cc(Cl)ccc3C)CC2)c1. The molecule has 2 amide bonds. The van der Waals surface area contributed by atoms with E-state index in [1.165, 1.54) is 5.56 Å². The molecule has 7 heteroatoms. The first-order valence-corrected chi connectivity index (χ1v) is 9.69. The van der Waals surface area contributed by atoms with Gasteiger partial charge in [0.25, 0.3) is 5.91 Å². The molecule has 1 fully saturated rings. The molecule has 28 heavy (non-hydrogen) atoms. The number of hydrogen-bond donors (Lipinski definition) is 2. The van der Waals surface area contributed by atoms with E-state index in [-0.39, 0.29) is 11.8 Å². The number of nitrogens with zero attached hydrogens (tertiary/aromatic N) is 2. The normalized spacial score (nSPS) is 14.6. The Balaban J connectivity index is 1.53. The lowest BCUT2D eigenvalue weighted by Crippen LogP contribution is -2.48. The van der Waals surface area contributed by atoms with Crippen molar-refractivity contribution in [2.45, 2.75) is 6.92 Å². The zero-order valence-corrected chi connectivity index (χ0v) is 16.9. The van der Waals surface area contributed by atoms with Crippen LogP contribution in [0, 0.1) is 6.92 Å². The molecule has 0 atom stereocenters. The molecule has 6 nitrogen and oxygen atoms in total. The van der Waals surface area contributed by atoms with Crippen LogP contribution >= 0.6 is 11.6 Å². The van der Waals surface area contributed by atoms with E-state index in [4.69, 9.17) is 11.6 Å². The fourth-order valence-electron chi connectivity index (χ4n) is 3.36. The molecule has 0 unspecified atom stereocenters. The van der Waals surface area contributed by atoms with Gasteiger partial charge in [0.2, 0.25) is 5.91 Å². The predicted molar refractivity (Wildman–Crippen MR) is 113 cm³/mol. The van der Waals surface area contributed by atoms with Gasteiger partial charge in [-0.1, -0.05) is 23.7 Å². The second-order valence-electron chi connectivity index (χ2n) is 6.90. The number of aryl methyl sites for hydroxylation is 1. The Bertz CT molecular complexity index is 863. The van der Waals surface area contributed by atoms with Gasteiger partial charge in [-0.3, -0.25) is 14.5 Å². The van der Waals surface area contributed by atoms with Gasteiger partial charge in [0.05, 0.1) is 6.54 Å². The van der Waals surface area contributed by atoms with E-state index in [2.05, 4.69) is 27.4 Å². The zero-order valence-electron chi connectivity index (χ0n) is 16.2. The number of rotatable bonds is 5. The molecule has 1 aliphatic rings. The largest absolute Gasteiger partial charge is 0.369 e. The van der Waals surface area contributed by atoms with Crippen LogP contribution in [0.4, 0.5) is 11.4 Å². The van der Waals surface area contributed by atoms with Crippen molar-refractivity contribution in [3.63, 3.8) is 0 Å². The Morgan fingerprint density at radius 3 is 2.54 bits per heavy atom. The first-order chi connectivity index (χ1) is 13.5. The summed E-state index contributed by atoms with van der Waals surface area (Å²) in [4.78, 5) is 28.6. The van der Waals surface area contributed by atoms with Gasteiger partial charge in [-0.05, 0) is 42.8 Å². The molecule has 0 aliphatic carbocycles. The maximum Gasteiger partial charge on any atom is 0.251 e. The van der Waals surface area contributed by atoms with E-state index in [1.54, 1.807) is 31.3 Å². The zero-order chi connectivity index (χ0) is 20.1. The smallest absolute Gasteiger partial charge is 0.251 e. The molecule has 0 bridgehead atoms. The first-order valence-electron chi connectivity index (χ1n) is 9.31. The van der Waals surface area contributed by atoms with Crippen molar-refractivity contribution in [1.82, 2.24) is 10.2 Å². The maximum absolute atomic E-state index is 12.4. The van der Waals surface area contributed by atoms with Crippen LogP contribution in [-0.2, 0) is 4.79 Å². The lowest BCUT2D eigenvalue weighted by molar-refractivity contribution is -0.117. The van der Waals surface area contributed by atoms with Gasteiger partial charge < -0.3 is 15.5 Å². The molecule has 0 aromatic heterocycles. The lowest BCUT2D eigenvalue weighted by atomic mass is 10.1. The average molecular weight is 401 g/mol.